The second-order valence-electron chi connectivity index (χ2n) is 4.78. The van der Waals surface area contributed by atoms with Crippen molar-refractivity contribution in [3.63, 3.8) is 0 Å². The lowest BCUT2D eigenvalue weighted by Crippen LogP contribution is -2.33. The predicted molar refractivity (Wildman–Crippen MR) is 99.9 cm³/mol. The molecule has 0 fully saturated rings. The van der Waals surface area contributed by atoms with Crippen LogP contribution < -0.4 is 15.4 Å². The maximum absolute atomic E-state index is 12.3. The van der Waals surface area contributed by atoms with E-state index in [0.717, 1.165) is 9.37 Å². The van der Waals surface area contributed by atoms with Crippen molar-refractivity contribution in [1.82, 2.24) is 5.32 Å². The fourth-order valence-corrected chi connectivity index (χ4v) is 2.81. The molecule has 0 unspecified atom stereocenters. The van der Waals surface area contributed by atoms with Crippen LogP contribution in [0.2, 0.25) is 0 Å². The van der Waals surface area contributed by atoms with Crippen molar-refractivity contribution in [1.29, 1.82) is 0 Å². The normalized spacial score (nSPS) is 10.1. The van der Waals surface area contributed by atoms with Crippen molar-refractivity contribution >= 4 is 45.2 Å². The first-order valence-corrected chi connectivity index (χ1v) is 9.11. The summed E-state index contributed by atoms with van der Waals surface area (Å²) in [7, 11) is 1.51. The predicted octanol–water partition coefficient (Wildman–Crippen LogP) is 3.55. The summed E-state index contributed by atoms with van der Waals surface area (Å²) in [4.78, 5) is 25.2. The third-order valence-corrected chi connectivity index (χ3v) is 4.63. The molecule has 0 aliphatic rings. The van der Waals surface area contributed by atoms with Crippen molar-refractivity contribution in [2.24, 2.45) is 0 Å². The molecule has 126 valence electrons. The van der Waals surface area contributed by atoms with E-state index >= 15 is 0 Å². The molecule has 0 aliphatic heterocycles. The Morgan fingerprint density at radius 3 is 2.62 bits per heavy atom. The zero-order chi connectivity index (χ0) is 17.5. The van der Waals surface area contributed by atoms with Crippen LogP contribution in [0.5, 0.6) is 5.75 Å². The number of carbonyl (C=O) groups is 2. The number of hydrogen-bond acceptors (Lipinski definition) is 4. The molecule has 2 aromatic carbocycles. The monoisotopic (exact) mass is 408 g/mol. The highest BCUT2D eigenvalue weighted by Crippen LogP contribution is 2.25. The van der Waals surface area contributed by atoms with Gasteiger partial charge in [-0.2, -0.15) is 0 Å². The summed E-state index contributed by atoms with van der Waals surface area (Å²) in [5, 5.41) is 5.33. The van der Waals surface area contributed by atoms with Gasteiger partial charge in [-0.1, -0.05) is 12.1 Å². The maximum Gasteiger partial charge on any atom is 0.255 e. The number of hydrogen-bond donors (Lipinski definition) is 2. The minimum atomic E-state index is -0.359. The smallest absolute Gasteiger partial charge is 0.255 e. The number of benzene rings is 2. The third kappa shape index (κ3) is 4.75. The average Bonchev–Trinajstić information content (AvgIpc) is 2.61. The van der Waals surface area contributed by atoms with Crippen molar-refractivity contribution in [2.75, 3.05) is 25.2 Å². The van der Waals surface area contributed by atoms with E-state index in [1.807, 2.05) is 30.5 Å². The fourth-order valence-electron chi connectivity index (χ4n) is 2.00. The van der Waals surface area contributed by atoms with Crippen LogP contribution in [-0.2, 0) is 4.79 Å². The molecule has 5 nitrogen and oxygen atoms in total. The highest BCUT2D eigenvalue weighted by molar-refractivity contribution is 9.10. The molecule has 2 aromatic rings. The largest absolute Gasteiger partial charge is 0.496 e. The van der Waals surface area contributed by atoms with Gasteiger partial charge < -0.3 is 15.4 Å². The molecule has 0 saturated carbocycles. The maximum atomic E-state index is 12.3. The molecule has 0 aromatic heterocycles. The zero-order valence-electron chi connectivity index (χ0n) is 13.3. The number of halogens is 1. The molecule has 0 heterocycles. The van der Waals surface area contributed by atoms with E-state index in [1.165, 1.54) is 7.11 Å². The SMILES string of the molecule is COc1cc(SC)ccc1C(=O)NCC(=O)Nc1ccccc1Br. The molecular weight excluding hydrogens is 392 g/mol. The summed E-state index contributed by atoms with van der Waals surface area (Å²) in [5.74, 6) is -0.192. The van der Waals surface area contributed by atoms with E-state index in [4.69, 9.17) is 4.74 Å². The highest BCUT2D eigenvalue weighted by Gasteiger charge is 2.14. The topological polar surface area (TPSA) is 67.4 Å². The summed E-state index contributed by atoms with van der Waals surface area (Å²) in [6, 6.07) is 12.6. The van der Waals surface area contributed by atoms with Gasteiger partial charge in [0.1, 0.15) is 5.75 Å². The van der Waals surface area contributed by atoms with E-state index in [-0.39, 0.29) is 18.4 Å². The molecule has 0 spiro atoms. The van der Waals surface area contributed by atoms with Gasteiger partial charge in [-0.25, -0.2) is 0 Å². The van der Waals surface area contributed by atoms with Gasteiger partial charge in [0.2, 0.25) is 5.91 Å². The van der Waals surface area contributed by atoms with E-state index < -0.39 is 0 Å². The molecule has 0 bridgehead atoms. The van der Waals surface area contributed by atoms with Gasteiger partial charge in [0.15, 0.2) is 0 Å². The van der Waals surface area contributed by atoms with E-state index in [1.54, 1.807) is 30.0 Å². The molecule has 7 heteroatoms. The van der Waals surface area contributed by atoms with Crippen LogP contribution in [0, 0.1) is 0 Å². The fraction of sp³-hybridized carbons (Fsp3) is 0.176. The number of nitrogens with one attached hydrogen (secondary N) is 2. The summed E-state index contributed by atoms with van der Waals surface area (Å²) in [6.45, 7) is -0.131. The lowest BCUT2D eigenvalue weighted by molar-refractivity contribution is -0.115. The number of amides is 2. The number of anilines is 1. The third-order valence-electron chi connectivity index (χ3n) is 3.21. The number of ether oxygens (including phenoxy) is 1. The second kappa shape index (κ2) is 8.75. The number of para-hydroxylation sites is 1. The molecule has 0 saturated heterocycles. The number of thioether (sulfide) groups is 1. The van der Waals surface area contributed by atoms with Gasteiger partial charge in [0.05, 0.1) is 24.9 Å². The summed E-state index contributed by atoms with van der Waals surface area (Å²) in [6.07, 6.45) is 1.95. The Bertz CT molecular complexity index is 752. The van der Waals surface area contributed by atoms with Crippen LogP contribution in [0.4, 0.5) is 5.69 Å². The molecule has 2 rings (SSSR count). The Morgan fingerprint density at radius 2 is 1.96 bits per heavy atom. The zero-order valence-corrected chi connectivity index (χ0v) is 15.7. The van der Waals surface area contributed by atoms with Crippen LogP contribution in [0.25, 0.3) is 0 Å². The van der Waals surface area contributed by atoms with Crippen molar-refractivity contribution in [3.05, 3.63) is 52.5 Å². The van der Waals surface area contributed by atoms with Gasteiger partial charge in [0, 0.05) is 9.37 Å². The van der Waals surface area contributed by atoms with Crippen LogP contribution in [-0.4, -0.2) is 31.7 Å². The van der Waals surface area contributed by atoms with Gasteiger partial charge >= 0.3 is 0 Å². The summed E-state index contributed by atoms with van der Waals surface area (Å²) >= 11 is 4.91. The molecule has 0 radical (unpaired) electrons. The van der Waals surface area contributed by atoms with Crippen molar-refractivity contribution < 1.29 is 14.3 Å². The van der Waals surface area contributed by atoms with Gasteiger partial charge in [-0.15, -0.1) is 11.8 Å². The molecular formula is C17H17BrN2O3S. The van der Waals surface area contributed by atoms with Crippen molar-refractivity contribution in [3.8, 4) is 5.75 Å². The Balaban J connectivity index is 1.98. The molecule has 0 aliphatic carbocycles. The van der Waals surface area contributed by atoms with Gasteiger partial charge in [-0.05, 0) is 52.5 Å². The lowest BCUT2D eigenvalue weighted by Gasteiger charge is -2.11. The Kier molecular flexibility index (Phi) is 6.69. The summed E-state index contributed by atoms with van der Waals surface area (Å²) in [5.41, 5.74) is 1.04. The van der Waals surface area contributed by atoms with E-state index in [2.05, 4.69) is 26.6 Å². The molecule has 24 heavy (non-hydrogen) atoms. The van der Waals surface area contributed by atoms with Gasteiger partial charge in [0.25, 0.3) is 5.91 Å². The van der Waals surface area contributed by atoms with Crippen LogP contribution >= 0.6 is 27.7 Å². The molecule has 2 amide bonds. The molecule has 2 N–H and O–H groups in total. The first-order chi connectivity index (χ1) is 11.5. The molecule has 0 atom stereocenters. The lowest BCUT2D eigenvalue weighted by atomic mass is 10.2. The number of rotatable bonds is 6. The first-order valence-electron chi connectivity index (χ1n) is 7.09. The van der Waals surface area contributed by atoms with Crippen LogP contribution in [0.15, 0.2) is 51.8 Å². The van der Waals surface area contributed by atoms with Crippen molar-refractivity contribution in [2.45, 2.75) is 4.90 Å². The second-order valence-corrected chi connectivity index (χ2v) is 6.51. The summed E-state index contributed by atoms with van der Waals surface area (Å²) < 4.78 is 6.02. The average molecular weight is 409 g/mol. The minimum Gasteiger partial charge on any atom is -0.496 e. The number of carbonyl (C=O) groups excluding carboxylic acids is 2. The Morgan fingerprint density at radius 1 is 1.21 bits per heavy atom. The van der Waals surface area contributed by atoms with Crippen LogP contribution in [0.3, 0.4) is 0 Å². The standard InChI is InChI=1S/C17H17BrN2O3S/c1-23-15-9-11(24-2)7-8-12(15)17(22)19-10-16(21)20-14-6-4-3-5-13(14)18/h3-9H,10H2,1-2H3,(H,19,22)(H,20,21). The number of methoxy groups -OCH3 is 1. The quantitative estimate of drug-likeness (QED) is 0.717. The minimum absolute atomic E-state index is 0.131. The Labute approximate surface area is 153 Å². The van der Waals surface area contributed by atoms with Gasteiger partial charge in [-0.3, -0.25) is 9.59 Å². The first kappa shape index (κ1) is 18.4. The van der Waals surface area contributed by atoms with E-state index in [0.29, 0.717) is 17.0 Å². The van der Waals surface area contributed by atoms with Crippen LogP contribution in [0.1, 0.15) is 10.4 Å². The Hall–Kier alpha value is -1.99. The van der Waals surface area contributed by atoms with E-state index in [9.17, 15) is 9.59 Å². The highest BCUT2D eigenvalue weighted by atomic mass is 79.9.